The number of hydrogen-bond donors (Lipinski definition) is 0. The van der Waals surface area contributed by atoms with Gasteiger partial charge >= 0.3 is 5.97 Å². The van der Waals surface area contributed by atoms with Gasteiger partial charge in [0.2, 0.25) is 0 Å². The first-order valence-corrected chi connectivity index (χ1v) is 8.40. The number of hydrogen-bond acceptors (Lipinski definition) is 2. The average Bonchev–Trinajstić information content (AvgIpc) is 3.00. The number of ether oxygens (including phenoxy) is 1. The molecule has 0 saturated carbocycles. The van der Waals surface area contributed by atoms with Gasteiger partial charge in [-0.25, -0.2) is 4.79 Å². The zero-order valence-corrected chi connectivity index (χ0v) is 13.7. The number of carbonyl (C=O) groups is 1. The van der Waals surface area contributed by atoms with Gasteiger partial charge in [-0.3, -0.25) is 0 Å². The van der Waals surface area contributed by atoms with Crippen LogP contribution in [0.15, 0.2) is 96.6 Å². The first-order chi connectivity index (χ1) is 12.3. The lowest BCUT2D eigenvalue weighted by atomic mass is 9.84. The van der Waals surface area contributed by atoms with Gasteiger partial charge in [0.05, 0.1) is 5.92 Å². The maximum Gasteiger partial charge on any atom is 0.335 e. The summed E-state index contributed by atoms with van der Waals surface area (Å²) in [5.74, 6) is -0.358. The van der Waals surface area contributed by atoms with Crippen LogP contribution in [0.1, 0.15) is 28.7 Å². The van der Waals surface area contributed by atoms with Crippen molar-refractivity contribution in [2.75, 3.05) is 0 Å². The Labute approximate surface area is 147 Å². The van der Waals surface area contributed by atoms with Crippen LogP contribution < -0.4 is 0 Å². The van der Waals surface area contributed by atoms with Crippen molar-refractivity contribution in [2.45, 2.75) is 12.0 Å². The Morgan fingerprint density at radius 2 is 1.20 bits per heavy atom. The van der Waals surface area contributed by atoms with Crippen LogP contribution in [0.5, 0.6) is 0 Å². The Bertz CT molecular complexity index is 883. The molecule has 3 aromatic rings. The number of esters is 1. The molecule has 1 fully saturated rings. The SMILES string of the molecule is O=C1O[C@H](c2ccccc2)[C@H](c2ccccc2)/C1=C\c1ccccc1. The van der Waals surface area contributed by atoms with Crippen molar-refractivity contribution < 1.29 is 9.53 Å². The third-order valence-corrected chi connectivity index (χ3v) is 4.52. The van der Waals surface area contributed by atoms with Crippen molar-refractivity contribution in [1.82, 2.24) is 0 Å². The predicted molar refractivity (Wildman–Crippen MR) is 98.9 cm³/mol. The van der Waals surface area contributed by atoms with Crippen molar-refractivity contribution in [1.29, 1.82) is 0 Å². The Kier molecular flexibility index (Phi) is 4.17. The molecule has 2 heteroatoms. The molecule has 0 aliphatic carbocycles. The van der Waals surface area contributed by atoms with Crippen molar-refractivity contribution in [2.24, 2.45) is 0 Å². The van der Waals surface area contributed by atoms with Crippen molar-refractivity contribution >= 4 is 12.0 Å². The summed E-state index contributed by atoms with van der Waals surface area (Å²) in [4.78, 5) is 12.7. The molecule has 2 nitrogen and oxygen atoms in total. The third-order valence-electron chi connectivity index (χ3n) is 4.52. The molecule has 1 heterocycles. The van der Waals surface area contributed by atoms with Crippen molar-refractivity contribution in [3.05, 3.63) is 113 Å². The summed E-state index contributed by atoms with van der Waals surface area (Å²) in [5.41, 5.74) is 3.81. The molecule has 1 aliphatic heterocycles. The lowest BCUT2D eigenvalue weighted by Crippen LogP contribution is -2.07. The normalized spacial score (nSPS) is 21.3. The fourth-order valence-electron chi connectivity index (χ4n) is 3.34. The van der Waals surface area contributed by atoms with Crippen molar-refractivity contribution in [3.63, 3.8) is 0 Å². The van der Waals surface area contributed by atoms with Gasteiger partial charge in [-0.05, 0) is 22.8 Å². The van der Waals surface area contributed by atoms with Gasteiger partial charge in [0.1, 0.15) is 6.10 Å². The monoisotopic (exact) mass is 326 g/mol. The number of carbonyl (C=O) groups excluding carboxylic acids is 1. The molecule has 0 aromatic heterocycles. The van der Waals surface area contributed by atoms with Crippen LogP contribution in [0.4, 0.5) is 0 Å². The summed E-state index contributed by atoms with van der Waals surface area (Å²) >= 11 is 0. The quantitative estimate of drug-likeness (QED) is 0.491. The molecular weight excluding hydrogens is 308 g/mol. The van der Waals surface area contributed by atoms with Crippen LogP contribution in [0, 0.1) is 0 Å². The number of rotatable bonds is 3. The Morgan fingerprint density at radius 1 is 0.680 bits per heavy atom. The second-order valence-electron chi connectivity index (χ2n) is 6.14. The zero-order valence-electron chi connectivity index (χ0n) is 13.7. The minimum atomic E-state index is -0.300. The second kappa shape index (κ2) is 6.78. The van der Waals surface area contributed by atoms with E-state index in [1.807, 2.05) is 84.9 Å². The van der Waals surface area contributed by atoms with Crippen LogP contribution in [-0.4, -0.2) is 5.97 Å². The van der Waals surface area contributed by atoms with E-state index in [4.69, 9.17) is 4.74 Å². The minimum Gasteiger partial charge on any atom is -0.453 e. The molecule has 4 rings (SSSR count). The Balaban J connectivity index is 1.82. The van der Waals surface area contributed by atoms with Crippen LogP contribution >= 0.6 is 0 Å². The fraction of sp³-hybridized carbons (Fsp3) is 0.0870. The molecule has 0 amide bonds. The molecule has 0 bridgehead atoms. The molecule has 2 atom stereocenters. The lowest BCUT2D eigenvalue weighted by molar-refractivity contribution is -0.139. The van der Waals surface area contributed by atoms with E-state index in [0.29, 0.717) is 5.57 Å². The van der Waals surface area contributed by atoms with E-state index >= 15 is 0 Å². The van der Waals surface area contributed by atoms with E-state index in [2.05, 4.69) is 12.1 Å². The van der Waals surface area contributed by atoms with Gasteiger partial charge in [0.25, 0.3) is 0 Å². The summed E-state index contributed by atoms with van der Waals surface area (Å²) in [5, 5.41) is 0. The van der Waals surface area contributed by atoms with E-state index in [1.165, 1.54) is 0 Å². The Hall–Kier alpha value is -3.13. The maximum atomic E-state index is 12.7. The third kappa shape index (κ3) is 3.11. The van der Waals surface area contributed by atoms with Crippen molar-refractivity contribution in [3.8, 4) is 0 Å². The van der Waals surface area contributed by atoms with E-state index in [1.54, 1.807) is 0 Å². The molecule has 1 aliphatic rings. The molecule has 122 valence electrons. The first kappa shape index (κ1) is 15.4. The minimum absolute atomic E-state index is 0.115. The maximum absolute atomic E-state index is 12.7. The highest BCUT2D eigenvalue weighted by atomic mass is 16.6. The molecule has 0 radical (unpaired) electrons. The van der Waals surface area contributed by atoms with Gasteiger partial charge in [0.15, 0.2) is 0 Å². The van der Waals surface area contributed by atoms with Crippen LogP contribution in [0.3, 0.4) is 0 Å². The van der Waals surface area contributed by atoms with Gasteiger partial charge in [-0.15, -0.1) is 0 Å². The second-order valence-corrected chi connectivity index (χ2v) is 6.14. The molecule has 0 N–H and O–H groups in total. The standard InChI is InChI=1S/C23H18O2/c24-23-20(16-17-10-4-1-5-11-17)21(18-12-6-2-7-13-18)22(25-23)19-14-8-3-9-15-19/h1-16,21-22H/b20-16+/t21-,22-/m1/s1. The van der Waals surface area contributed by atoms with Crippen LogP contribution in [0.25, 0.3) is 6.08 Å². The van der Waals surface area contributed by atoms with E-state index in [9.17, 15) is 4.79 Å². The molecule has 1 saturated heterocycles. The summed E-state index contributed by atoms with van der Waals surface area (Å²) < 4.78 is 5.79. The lowest BCUT2D eigenvalue weighted by Gasteiger charge is -2.18. The molecular formula is C23H18O2. The van der Waals surface area contributed by atoms with E-state index < -0.39 is 0 Å². The highest BCUT2D eigenvalue weighted by Crippen LogP contribution is 2.46. The topological polar surface area (TPSA) is 26.3 Å². The summed E-state index contributed by atoms with van der Waals surface area (Å²) in [6.07, 6.45) is 1.65. The van der Waals surface area contributed by atoms with Gasteiger partial charge < -0.3 is 4.74 Å². The first-order valence-electron chi connectivity index (χ1n) is 8.40. The highest BCUT2D eigenvalue weighted by Gasteiger charge is 2.41. The van der Waals surface area contributed by atoms with Gasteiger partial charge in [-0.1, -0.05) is 91.0 Å². The summed E-state index contributed by atoms with van der Waals surface area (Å²) in [6.45, 7) is 0. The van der Waals surface area contributed by atoms with E-state index in [0.717, 1.165) is 16.7 Å². The fourth-order valence-corrected chi connectivity index (χ4v) is 3.34. The molecule has 0 spiro atoms. The number of cyclic esters (lactones) is 1. The van der Waals surface area contributed by atoms with E-state index in [-0.39, 0.29) is 18.0 Å². The predicted octanol–water partition coefficient (Wildman–Crippen LogP) is 5.15. The number of benzene rings is 3. The summed E-state index contributed by atoms with van der Waals surface area (Å²) in [7, 11) is 0. The Morgan fingerprint density at radius 3 is 1.80 bits per heavy atom. The highest BCUT2D eigenvalue weighted by molar-refractivity contribution is 5.98. The molecule has 0 unspecified atom stereocenters. The van der Waals surface area contributed by atoms with Gasteiger partial charge in [-0.2, -0.15) is 0 Å². The molecule has 25 heavy (non-hydrogen) atoms. The largest absolute Gasteiger partial charge is 0.453 e. The smallest absolute Gasteiger partial charge is 0.335 e. The van der Waals surface area contributed by atoms with Crippen LogP contribution in [-0.2, 0) is 9.53 Å². The van der Waals surface area contributed by atoms with Crippen LogP contribution in [0.2, 0.25) is 0 Å². The zero-order chi connectivity index (χ0) is 17.1. The molecule has 3 aromatic carbocycles. The average molecular weight is 326 g/mol. The van der Waals surface area contributed by atoms with Gasteiger partial charge in [0, 0.05) is 5.57 Å². The summed E-state index contributed by atoms with van der Waals surface area (Å²) in [6, 6.07) is 30.0.